The van der Waals surface area contributed by atoms with Gasteiger partial charge in [0.25, 0.3) is 0 Å². The van der Waals surface area contributed by atoms with Crippen molar-refractivity contribution >= 4 is 45.2 Å². The molecule has 4 nitrogen and oxygen atoms in total. The van der Waals surface area contributed by atoms with Crippen molar-refractivity contribution in [2.75, 3.05) is 26.5 Å². The van der Waals surface area contributed by atoms with Crippen molar-refractivity contribution in [2.24, 2.45) is 0 Å². The van der Waals surface area contributed by atoms with Gasteiger partial charge in [-0.15, -0.1) is 0 Å². The number of hydrogen-bond donors (Lipinski definition) is 1. The second kappa shape index (κ2) is 9.76. The number of nitrogens with zero attached hydrogens (tertiary/aromatic N) is 1. The Bertz CT molecular complexity index is 795. The van der Waals surface area contributed by atoms with Gasteiger partial charge in [-0.05, 0) is 47.9 Å². The zero-order valence-electron chi connectivity index (χ0n) is 14.8. The van der Waals surface area contributed by atoms with Crippen LogP contribution in [-0.4, -0.2) is 32.1 Å². The first-order valence-electron chi connectivity index (χ1n) is 8.13. The summed E-state index contributed by atoms with van der Waals surface area (Å²) in [5.74, 6) is 0. The Hall–Kier alpha value is -1.82. The smallest absolute Gasteiger partial charge is 0.210 e. The van der Waals surface area contributed by atoms with Crippen LogP contribution in [0.5, 0.6) is 0 Å². The lowest BCUT2D eigenvalue weighted by Crippen LogP contribution is -2.30. The highest BCUT2D eigenvalue weighted by atomic mass is 79.9. The molecular weight excluding hydrogens is 416 g/mol. The van der Waals surface area contributed by atoms with Crippen molar-refractivity contribution < 1.29 is 9.53 Å². The number of ether oxygens (including phenoxy) is 1. The van der Waals surface area contributed by atoms with Gasteiger partial charge in [0, 0.05) is 41.5 Å². The van der Waals surface area contributed by atoms with Gasteiger partial charge in [0.2, 0.25) is 6.41 Å². The third-order valence-corrected chi connectivity index (χ3v) is 4.77. The molecule has 0 fully saturated rings. The molecule has 0 bridgehead atoms. The van der Waals surface area contributed by atoms with Crippen LogP contribution in [0.3, 0.4) is 0 Å². The average Bonchev–Trinajstić information content (AvgIpc) is 2.64. The number of carbonyl (C=O) groups is 1. The normalized spacial score (nSPS) is 16.4. The molecule has 1 unspecified atom stereocenters. The fourth-order valence-electron chi connectivity index (χ4n) is 2.89. The largest absolute Gasteiger partial charge is 0.398 e. The Morgan fingerprint density at radius 1 is 1.27 bits per heavy atom. The van der Waals surface area contributed by atoms with E-state index in [4.69, 9.17) is 17.3 Å². The van der Waals surface area contributed by atoms with Crippen molar-refractivity contribution in [3.63, 3.8) is 0 Å². The highest BCUT2D eigenvalue weighted by Crippen LogP contribution is 2.36. The zero-order valence-corrected chi connectivity index (χ0v) is 17.1. The highest BCUT2D eigenvalue weighted by Gasteiger charge is 2.24. The van der Waals surface area contributed by atoms with Crippen molar-refractivity contribution in [1.29, 1.82) is 0 Å². The summed E-state index contributed by atoms with van der Waals surface area (Å²) in [4.78, 5) is 13.2. The van der Waals surface area contributed by atoms with E-state index >= 15 is 0 Å². The van der Waals surface area contributed by atoms with Crippen molar-refractivity contribution in [2.45, 2.75) is 12.5 Å². The monoisotopic (exact) mass is 436 g/mol. The molecule has 138 valence electrons. The number of amides is 1. The Morgan fingerprint density at radius 3 is 2.65 bits per heavy atom. The van der Waals surface area contributed by atoms with Crippen LogP contribution in [0.4, 0.5) is 5.69 Å². The van der Waals surface area contributed by atoms with Gasteiger partial charge in [0.05, 0.1) is 6.04 Å². The second-order valence-electron chi connectivity index (χ2n) is 5.92. The molecule has 1 aliphatic heterocycles. The molecule has 26 heavy (non-hydrogen) atoms. The standard InChI is InChI=1S/C18H16BrClN2O.C2H6O/c19-14-3-1-2-13(8-14)18-9-12(6-7-22(18)11-23)16-10-15(20)4-5-17(16)21;1-3-2/h1-5,8-11,18H,6-7,21H2;1-2H3. The Kier molecular flexibility index (Phi) is 7.69. The van der Waals surface area contributed by atoms with Crippen LogP contribution in [0.25, 0.3) is 5.57 Å². The highest BCUT2D eigenvalue weighted by molar-refractivity contribution is 9.10. The summed E-state index contributed by atoms with van der Waals surface area (Å²) in [7, 11) is 3.25. The fourth-order valence-corrected chi connectivity index (χ4v) is 3.47. The summed E-state index contributed by atoms with van der Waals surface area (Å²) >= 11 is 9.60. The number of anilines is 1. The first kappa shape index (κ1) is 20.5. The molecule has 2 aromatic carbocycles. The molecule has 3 rings (SSSR count). The number of methoxy groups -OCH3 is 1. The van der Waals surface area contributed by atoms with E-state index in [-0.39, 0.29) is 6.04 Å². The Labute approximate surface area is 167 Å². The lowest BCUT2D eigenvalue weighted by molar-refractivity contribution is -0.119. The number of nitrogens with two attached hydrogens (primary N) is 1. The molecule has 2 aromatic rings. The number of benzene rings is 2. The van der Waals surface area contributed by atoms with E-state index in [0.717, 1.165) is 34.0 Å². The van der Waals surface area contributed by atoms with Crippen LogP contribution in [0.2, 0.25) is 5.02 Å². The number of halogens is 2. The fraction of sp³-hybridized carbons (Fsp3) is 0.250. The van der Waals surface area contributed by atoms with E-state index in [1.165, 1.54) is 0 Å². The molecule has 0 aliphatic carbocycles. The lowest BCUT2D eigenvalue weighted by Gasteiger charge is -2.32. The van der Waals surface area contributed by atoms with Crippen molar-refractivity contribution in [1.82, 2.24) is 4.90 Å². The summed E-state index contributed by atoms with van der Waals surface area (Å²) < 4.78 is 5.24. The van der Waals surface area contributed by atoms with Gasteiger partial charge in [-0.3, -0.25) is 4.79 Å². The number of nitrogen functional groups attached to an aromatic ring is 1. The van der Waals surface area contributed by atoms with E-state index < -0.39 is 0 Å². The van der Waals surface area contributed by atoms with Gasteiger partial charge in [-0.2, -0.15) is 0 Å². The number of hydrogen-bond acceptors (Lipinski definition) is 3. The van der Waals surface area contributed by atoms with E-state index in [9.17, 15) is 4.79 Å². The molecule has 0 saturated heterocycles. The van der Waals surface area contributed by atoms with E-state index in [0.29, 0.717) is 17.3 Å². The molecular formula is C20H22BrClN2O2. The first-order chi connectivity index (χ1) is 12.5. The molecule has 0 aromatic heterocycles. The van der Waals surface area contributed by atoms with Gasteiger partial charge in [-0.1, -0.05) is 45.7 Å². The minimum Gasteiger partial charge on any atom is -0.398 e. The van der Waals surface area contributed by atoms with Crippen LogP contribution in [0.15, 0.2) is 53.0 Å². The minimum atomic E-state index is -0.105. The summed E-state index contributed by atoms with van der Waals surface area (Å²) in [6.45, 7) is 0.651. The van der Waals surface area contributed by atoms with Gasteiger partial charge >= 0.3 is 0 Å². The van der Waals surface area contributed by atoms with E-state index in [2.05, 4.69) is 26.7 Å². The summed E-state index contributed by atoms with van der Waals surface area (Å²) in [5, 5.41) is 0.659. The molecule has 2 N–H and O–H groups in total. The zero-order chi connectivity index (χ0) is 19.1. The van der Waals surface area contributed by atoms with Gasteiger partial charge in [-0.25, -0.2) is 0 Å². The van der Waals surface area contributed by atoms with Crippen LogP contribution in [-0.2, 0) is 9.53 Å². The summed E-state index contributed by atoms with van der Waals surface area (Å²) in [6.07, 6.45) is 3.76. The third-order valence-electron chi connectivity index (χ3n) is 4.04. The molecule has 1 heterocycles. The van der Waals surface area contributed by atoms with E-state index in [1.54, 1.807) is 25.2 Å². The first-order valence-corrected chi connectivity index (χ1v) is 9.30. The van der Waals surface area contributed by atoms with Crippen LogP contribution >= 0.6 is 27.5 Å². The number of rotatable bonds is 3. The minimum absolute atomic E-state index is 0.105. The van der Waals surface area contributed by atoms with Crippen LogP contribution in [0, 0.1) is 0 Å². The lowest BCUT2D eigenvalue weighted by atomic mass is 9.92. The van der Waals surface area contributed by atoms with Gasteiger partial charge < -0.3 is 15.4 Å². The predicted molar refractivity (Wildman–Crippen MR) is 111 cm³/mol. The summed E-state index contributed by atoms with van der Waals surface area (Å²) in [5.41, 5.74) is 9.93. The summed E-state index contributed by atoms with van der Waals surface area (Å²) in [6, 6.07) is 13.4. The van der Waals surface area contributed by atoms with Crippen LogP contribution < -0.4 is 5.73 Å². The Balaban J connectivity index is 0.000000758. The Morgan fingerprint density at radius 2 is 2.00 bits per heavy atom. The van der Waals surface area contributed by atoms with Crippen molar-refractivity contribution in [3.05, 3.63) is 69.2 Å². The molecule has 0 spiro atoms. The topological polar surface area (TPSA) is 55.6 Å². The second-order valence-corrected chi connectivity index (χ2v) is 7.28. The molecule has 1 amide bonds. The maximum atomic E-state index is 11.4. The van der Waals surface area contributed by atoms with Crippen LogP contribution in [0.1, 0.15) is 23.6 Å². The van der Waals surface area contributed by atoms with Gasteiger partial charge in [0.15, 0.2) is 0 Å². The third kappa shape index (κ3) is 5.10. The molecule has 6 heteroatoms. The maximum absolute atomic E-state index is 11.4. The SMILES string of the molecule is COC.Nc1ccc(Cl)cc1C1=CC(c2cccc(Br)c2)N(C=O)CC1. The molecule has 0 radical (unpaired) electrons. The van der Waals surface area contributed by atoms with Gasteiger partial charge in [0.1, 0.15) is 0 Å². The molecule has 1 atom stereocenters. The molecule has 0 saturated carbocycles. The predicted octanol–water partition coefficient (Wildman–Crippen LogP) is 4.93. The van der Waals surface area contributed by atoms with E-state index in [1.807, 2.05) is 36.4 Å². The quantitative estimate of drug-likeness (QED) is 0.547. The molecule has 1 aliphatic rings. The number of carbonyl (C=O) groups excluding carboxylic acids is 1. The average molecular weight is 438 g/mol. The maximum Gasteiger partial charge on any atom is 0.210 e. The van der Waals surface area contributed by atoms with Crippen molar-refractivity contribution in [3.8, 4) is 0 Å².